The Morgan fingerprint density at radius 1 is 0.214 bits per heavy atom. The minimum atomic E-state index is -1.15. The van der Waals surface area contributed by atoms with Crippen LogP contribution in [0.5, 0.6) is 0 Å². The van der Waals surface area contributed by atoms with Gasteiger partial charge in [0, 0.05) is 60.7 Å². The first-order valence-corrected chi connectivity index (χ1v) is 25.2. The molecule has 12 nitrogen and oxygen atoms in total. The third kappa shape index (κ3) is 11.8. The molecule has 0 atom stereocenters. The molecule has 10 aromatic rings. The second-order valence-electron chi connectivity index (χ2n) is 18.5. The van der Waals surface area contributed by atoms with Gasteiger partial charge in [0.1, 0.15) is 0 Å². The average molecular weight is 1090 g/mol. The van der Waals surface area contributed by atoms with Gasteiger partial charge in [-0.05, 0) is 168 Å². The maximum Gasteiger partial charge on any atom is 0.335 e. The maximum absolute atomic E-state index is 12.0. The van der Waals surface area contributed by atoms with Crippen molar-refractivity contribution in [2.75, 3.05) is 0 Å². The number of carboxylic acids is 6. The van der Waals surface area contributed by atoms with Crippen LogP contribution >= 0.6 is 0 Å². The Balaban J connectivity index is 1.44. The minimum absolute atomic E-state index is 0.0159. The second kappa shape index (κ2) is 23.6. The van der Waals surface area contributed by atoms with Crippen LogP contribution in [0, 0.1) is 71.0 Å². The highest BCUT2D eigenvalue weighted by Gasteiger charge is 2.24. The lowest BCUT2D eigenvalue weighted by Gasteiger charge is -2.19. The summed E-state index contributed by atoms with van der Waals surface area (Å²) in [5.41, 5.74) is 4.61. The largest absolute Gasteiger partial charge is 0.478 e. The molecule has 0 radical (unpaired) electrons. The number of hydrogen-bond donors (Lipinski definition) is 6. The Labute approximate surface area is 478 Å². The van der Waals surface area contributed by atoms with E-state index in [9.17, 15) is 59.4 Å². The van der Waals surface area contributed by atoms with E-state index in [4.69, 9.17) is 0 Å². The van der Waals surface area contributed by atoms with Gasteiger partial charge in [0.25, 0.3) is 0 Å². The molecule has 0 saturated carbocycles. The van der Waals surface area contributed by atoms with Crippen molar-refractivity contribution in [1.29, 1.82) is 0 Å². The van der Waals surface area contributed by atoms with Gasteiger partial charge < -0.3 is 30.6 Å². The molecule has 84 heavy (non-hydrogen) atoms. The molecule has 0 spiro atoms. The van der Waals surface area contributed by atoms with Crippen molar-refractivity contribution in [2.45, 2.75) is 0 Å². The van der Waals surface area contributed by atoms with Crippen molar-refractivity contribution in [1.82, 2.24) is 0 Å². The fourth-order valence-electron chi connectivity index (χ4n) is 9.02. The molecule has 0 aliphatic heterocycles. The summed E-state index contributed by atoms with van der Waals surface area (Å²) < 4.78 is 0. The van der Waals surface area contributed by atoms with Crippen molar-refractivity contribution in [3.8, 4) is 71.0 Å². The van der Waals surface area contributed by atoms with E-state index in [-0.39, 0.29) is 50.1 Å². The maximum atomic E-state index is 12.0. The minimum Gasteiger partial charge on any atom is -0.478 e. The van der Waals surface area contributed by atoms with Crippen molar-refractivity contribution in [2.24, 2.45) is 0 Å². The first kappa shape index (κ1) is 54.5. The monoisotopic (exact) mass is 1090 g/mol. The first-order chi connectivity index (χ1) is 40.6. The number of benzene rings is 10. The van der Waals surface area contributed by atoms with Crippen LogP contribution in [0.1, 0.15) is 129 Å². The van der Waals surface area contributed by atoms with Crippen LogP contribution in [0.2, 0.25) is 0 Å². The summed E-state index contributed by atoms with van der Waals surface area (Å²) in [5, 5.41) is 62.0. The van der Waals surface area contributed by atoms with E-state index in [1.54, 1.807) is 72.8 Å². The number of carbonyl (C=O) groups is 6. The predicted octanol–water partition coefficient (Wildman–Crippen LogP) is 11.7. The smallest absolute Gasteiger partial charge is 0.335 e. The van der Waals surface area contributed by atoms with Crippen LogP contribution in [-0.4, -0.2) is 66.5 Å². The van der Waals surface area contributed by atoms with Crippen LogP contribution in [0.3, 0.4) is 0 Å². The Morgan fingerprint density at radius 3 is 0.762 bits per heavy atom. The van der Waals surface area contributed by atoms with Gasteiger partial charge in [-0.1, -0.05) is 101 Å². The molecule has 0 aliphatic carbocycles. The highest BCUT2D eigenvalue weighted by Crippen LogP contribution is 2.43. The summed E-state index contributed by atoms with van der Waals surface area (Å²) in [5.74, 6) is 32.7. The molecule has 6 N–H and O–H groups in total. The Kier molecular flexibility index (Phi) is 15.3. The van der Waals surface area contributed by atoms with E-state index in [0.717, 1.165) is 5.39 Å². The van der Waals surface area contributed by atoms with E-state index in [1.807, 2.05) is 36.4 Å². The highest BCUT2D eigenvalue weighted by molar-refractivity contribution is 6.30. The molecule has 10 aromatic carbocycles. The Hall–Kier alpha value is -12.8. The highest BCUT2D eigenvalue weighted by atomic mass is 16.4. The average Bonchev–Trinajstić information content (AvgIpc) is 1.94. The van der Waals surface area contributed by atoms with Crippen LogP contribution in [0.4, 0.5) is 0 Å². The number of carboxylic acid groups (broad SMARTS) is 6. The molecule has 0 bridgehead atoms. The number of hydrogen-bond acceptors (Lipinski definition) is 6. The number of fused-ring (bicyclic) bond motifs is 6. The lowest BCUT2D eigenvalue weighted by molar-refractivity contribution is 0.0686. The van der Waals surface area contributed by atoms with Crippen LogP contribution in [0.15, 0.2) is 182 Å². The van der Waals surface area contributed by atoms with E-state index >= 15 is 0 Å². The molecule has 0 heterocycles. The zero-order chi connectivity index (χ0) is 59.0. The number of rotatable bonds is 6. The predicted molar refractivity (Wildman–Crippen MR) is 315 cm³/mol. The summed E-state index contributed by atoms with van der Waals surface area (Å²) in [6.07, 6.45) is 0. The zero-order valence-corrected chi connectivity index (χ0v) is 43.5. The van der Waals surface area contributed by atoms with E-state index in [2.05, 4.69) is 71.0 Å². The molecule has 0 unspecified atom stereocenters. The summed E-state index contributed by atoms with van der Waals surface area (Å²) in [6, 6.07) is 47.1. The fourth-order valence-corrected chi connectivity index (χ4v) is 9.02. The third-order valence-corrected chi connectivity index (χ3v) is 13.2. The van der Waals surface area contributed by atoms with Gasteiger partial charge in [-0.25, -0.2) is 28.8 Å². The van der Waals surface area contributed by atoms with Crippen molar-refractivity contribution >= 4 is 68.1 Å². The molecule has 396 valence electrons. The molecule has 0 fully saturated rings. The van der Waals surface area contributed by atoms with E-state index in [1.165, 1.54) is 72.8 Å². The third-order valence-electron chi connectivity index (χ3n) is 13.2. The summed E-state index contributed by atoms with van der Waals surface area (Å²) in [7, 11) is 0. The van der Waals surface area contributed by atoms with E-state index < -0.39 is 35.8 Å². The van der Waals surface area contributed by atoms with Gasteiger partial charge in [-0.3, -0.25) is 0 Å². The van der Waals surface area contributed by atoms with Gasteiger partial charge in [0.15, 0.2) is 0 Å². The number of aromatic carboxylic acids is 6. The van der Waals surface area contributed by atoms with Crippen LogP contribution in [-0.2, 0) is 0 Å². The van der Waals surface area contributed by atoms with Crippen LogP contribution in [0.25, 0.3) is 32.3 Å². The lowest BCUT2D eigenvalue weighted by atomic mass is 9.81. The zero-order valence-electron chi connectivity index (χ0n) is 43.5. The second-order valence-corrected chi connectivity index (χ2v) is 18.5. The molecule has 0 aromatic heterocycles. The van der Waals surface area contributed by atoms with Crippen LogP contribution < -0.4 is 0 Å². The SMILES string of the molecule is O=C(O)c1ccc(C#Cc2ccc3c4ccccc4c4c(C#Cc5ccc(C(=O)O)cc5)c(C#Cc5ccc(C(=O)O)cc5)c(C#Cc5ccc(C(=O)O)cc5)c(C#Cc5ccc(C(=O)O)cc5)c4c3c2C#Cc2ccc(C(=O)O)cc2)cc1. The van der Waals surface area contributed by atoms with Gasteiger partial charge in [0.2, 0.25) is 0 Å². The van der Waals surface area contributed by atoms with Crippen molar-refractivity contribution < 1.29 is 59.4 Å². The lowest BCUT2D eigenvalue weighted by Crippen LogP contribution is -2.02. The molecule has 10 rings (SSSR count). The van der Waals surface area contributed by atoms with Gasteiger partial charge in [-0.15, -0.1) is 0 Å². The fraction of sp³-hybridized carbons (Fsp3) is 0. The van der Waals surface area contributed by atoms with Gasteiger partial charge in [-0.2, -0.15) is 0 Å². The molecule has 0 saturated heterocycles. The first-order valence-electron chi connectivity index (χ1n) is 25.2. The Morgan fingerprint density at radius 2 is 0.452 bits per heavy atom. The molecule has 0 aliphatic rings. The molecular weight excluding hydrogens is 1060 g/mol. The summed E-state index contributed by atoms with van der Waals surface area (Å²) in [4.78, 5) is 71.6. The van der Waals surface area contributed by atoms with Gasteiger partial charge in [0.05, 0.1) is 55.6 Å². The van der Waals surface area contributed by atoms with Gasteiger partial charge >= 0.3 is 35.8 Å². The Bertz CT molecular complexity index is 4850. The topological polar surface area (TPSA) is 224 Å². The van der Waals surface area contributed by atoms with Crippen molar-refractivity contribution in [3.05, 3.63) is 282 Å². The normalized spacial score (nSPS) is 10.1. The molecule has 12 heteroatoms. The standard InChI is InChI=1S/C72H36O12/c73-67(74)50-24-6-43(7-25-50)5-23-49-36-42-62-57-3-1-2-4-60(57)65-61(40-21-47-14-32-54(33-15-47)71(81)82)58(38-19-45-10-28-52(29-11-45)69(77)78)59(39-20-46-12-30-53(31-13-46)70(79)80)63(41-22-48-16-34-55(35-17-48)72(83)84)66(65)64(62)56(49)37-18-44-8-26-51(27-9-44)68(75)76/h1-4,6-17,24-36,42H,(H,73,74)(H,75,76)(H,77,78)(H,79,80)(H,81,82)(H,83,84). The van der Waals surface area contributed by atoms with E-state index in [0.29, 0.717) is 77.0 Å². The summed E-state index contributed by atoms with van der Waals surface area (Å²) >= 11 is 0. The van der Waals surface area contributed by atoms with Crippen molar-refractivity contribution in [3.63, 3.8) is 0 Å². The quantitative estimate of drug-likeness (QED) is 0.0676. The summed E-state index contributed by atoms with van der Waals surface area (Å²) in [6.45, 7) is 0. The molecule has 0 amide bonds. The molecular formula is C72H36O12.